The van der Waals surface area contributed by atoms with Crippen molar-refractivity contribution >= 4 is 33.6 Å². The Morgan fingerprint density at radius 3 is 2.47 bits per heavy atom. The fourth-order valence-electron chi connectivity index (χ4n) is 8.39. The zero-order valence-corrected chi connectivity index (χ0v) is 26.7. The van der Waals surface area contributed by atoms with Crippen LogP contribution in [0.2, 0.25) is 0 Å². The second kappa shape index (κ2) is 10.9. The number of aromatic nitrogens is 2. The lowest BCUT2D eigenvalue weighted by atomic mass is 9.95. The average molecular weight is 606 g/mol. The quantitative estimate of drug-likeness (QED) is 0.242. The number of piperazine rings is 1. The van der Waals surface area contributed by atoms with E-state index in [9.17, 15) is 4.79 Å². The molecule has 2 unspecified atom stereocenters. The van der Waals surface area contributed by atoms with E-state index >= 15 is 0 Å². The molecule has 2 bridgehead atoms. The molecule has 0 aliphatic carbocycles. The van der Waals surface area contributed by atoms with Crippen molar-refractivity contribution in [2.45, 2.75) is 82.5 Å². The summed E-state index contributed by atoms with van der Waals surface area (Å²) in [5.74, 6) is 0.657. The molecule has 4 saturated heterocycles. The Labute approximate surface area is 265 Å². The molecule has 8 nitrogen and oxygen atoms in total. The number of pyridine rings is 2. The van der Waals surface area contributed by atoms with Gasteiger partial charge in [-0.25, -0.2) is 9.78 Å². The van der Waals surface area contributed by atoms with Gasteiger partial charge in [-0.05, 0) is 94.8 Å². The Morgan fingerprint density at radius 2 is 1.71 bits per heavy atom. The van der Waals surface area contributed by atoms with Crippen molar-refractivity contribution < 1.29 is 14.3 Å². The molecule has 4 aliphatic rings. The van der Waals surface area contributed by atoms with Crippen molar-refractivity contribution in [1.29, 1.82) is 0 Å². The summed E-state index contributed by atoms with van der Waals surface area (Å²) in [5, 5.41) is 2.40. The summed E-state index contributed by atoms with van der Waals surface area (Å²) in [7, 11) is 0. The highest BCUT2D eigenvalue weighted by Crippen LogP contribution is 2.41. The Balaban J connectivity index is 1.16. The zero-order valence-electron chi connectivity index (χ0n) is 26.7. The van der Waals surface area contributed by atoms with Gasteiger partial charge in [-0.1, -0.05) is 42.5 Å². The minimum atomic E-state index is -0.513. The number of anilines is 1. The molecule has 2 aromatic heterocycles. The van der Waals surface area contributed by atoms with Crippen LogP contribution in [0.25, 0.3) is 32.9 Å². The average Bonchev–Trinajstić information content (AvgIpc) is 3.69. The van der Waals surface area contributed by atoms with E-state index in [4.69, 9.17) is 19.4 Å². The van der Waals surface area contributed by atoms with Crippen molar-refractivity contribution in [3.05, 3.63) is 60.8 Å². The fourth-order valence-corrected chi connectivity index (χ4v) is 8.39. The van der Waals surface area contributed by atoms with E-state index in [0.717, 1.165) is 53.8 Å². The summed E-state index contributed by atoms with van der Waals surface area (Å²) >= 11 is 0. The summed E-state index contributed by atoms with van der Waals surface area (Å²) in [5.41, 5.74) is 4.56. The summed E-state index contributed by atoms with van der Waals surface area (Å²) in [6, 6.07) is 19.4. The molecule has 0 radical (unpaired) electrons. The number of rotatable bonds is 5. The molecular formula is C37H43N5O3. The van der Waals surface area contributed by atoms with E-state index in [1.807, 2.05) is 31.9 Å². The van der Waals surface area contributed by atoms with Crippen molar-refractivity contribution in [1.82, 2.24) is 19.8 Å². The van der Waals surface area contributed by atoms with E-state index < -0.39 is 5.60 Å². The van der Waals surface area contributed by atoms with Gasteiger partial charge in [0.25, 0.3) is 0 Å². The Bertz CT molecular complexity index is 1740. The number of nitrogens with zero attached hydrogens (tertiary/aromatic N) is 5. The van der Waals surface area contributed by atoms with Crippen LogP contribution in [-0.2, 0) is 4.74 Å². The maximum atomic E-state index is 13.2. The van der Waals surface area contributed by atoms with Crippen molar-refractivity contribution in [2.24, 2.45) is 0 Å². The fraction of sp³-hybridized carbons (Fsp3) is 0.486. The third-order valence-corrected chi connectivity index (χ3v) is 10.4. The largest absolute Gasteiger partial charge is 0.476 e. The van der Waals surface area contributed by atoms with Crippen molar-refractivity contribution in [3.8, 4) is 17.0 Å². The minimum absolute atomic E-state index is 0.102. The first-order valence-corrected chi connectivity index (χ1v) is 16.7. The van der Waals surface area contributed by atoms with Crippen LogP contribution in [0, 0.1) is 0 Å². The van der Waals surface area contributed by atoms with E-state index in [0.29, 0.717) is 12.5 Å². The highest BCUT2D eigenvalue weighted by Gasteiger charge is 2.46. The molecule has 2 atom stereocenters. The molecule has 6 heterocycles. The zero-order chi connectivity index (χ0) is 30.8. The van der Waals surface area contributed by atoms with Crippen LogP contribution >= 0.6 is 0 Å². The smallest absolute Gasteiger partial charge is 0.410 e. The lowest BCUT2D eigenvalue weighted by molar-refractivity contribution is 0.0123. The number of carbonyl (C=O) groups excluding carboxylic acids is 1. The van der Waals surface area contributed by atoms with Crippen molar-refractivity contribution in [2.75, 3.05) is 37.7 Å². The predicted molar refractivity (Wildman–Crippen MR) is 178 cm³/mol. The Hall–Kier alpha value is -3.91. The number of fused-ring (bicyclic) bond motifs is 5. The van der Waals surface area contributed by atoms with Gasteiger partial charge in [0.15, 0.2) is 0 Å². The third kappa shape index (κ3) is 5.17. The van der Waals surface area contributed by atoms with E-state index in [-0.39, 0.29) is 23.7 Å². The molecule has 234 valence electrons. The first-order chi connectivity index (χ1) is 21.8. The van der Waals surface area contributed by atoms with Gasteiger partial charge in [0.2, 0.25) is 5.88 Å². The lowest BCUT2D eigenvalue weighted by Gasteiger charge is -2.42. The molecule has 8 heteroatoms. The highest BCUT2D eigenvalue weighted by molar-refractivity contribution is 5.99. The number of carbonyl (C=O) groups is 1. The van der Waals surface area contributed by atoms with Gasteiger partial charge in [0, 0.05) is 30.9 Å². The molecule has 1 amide bonds. The molecule has 45 heavy (non-hydrogen) atoms. The second-order valence-corrected chi connectivity index (χ2v) is 14.5. The minimum Gasteiger partial charge on any atom is -0.476 e. The molecule has 2 aromatic carbocycles. The third-order valence-electron chi connectivity index (χ3n) is 10.4. The number of hydrogen-bond donors (Lipinski definition) is 0. The molecule has 4 fully saturated rings. The predicted octanol–water partition coefficient (Wildman–Crippen LogP) is 7.05. The van der Waals surface area contributed by atoms with Gasteiger partial charge in [-0.3, -0.25) is 14.8 Å². The number of amides is 1. The standard InChI is InChI=1S/C37H43N5O3/c1-36(2,3)45-35(43)42-27-13-14-28(42)23-40(22-27)32-20-33(44-24-37-15-7-17-41(37)18-8-16-37)39-31-19-26(21-38-34(31)32)30-12-6-10-25-9-4-5-11-29(25)30/h4-6,9-12,19-21,27-28H,7-8,13-18,22-24H2,1-3H3. The molecule has 0 spiro atoms. The van der Waals surface area contributed by atoms with Crippen LogP contribution in [0.15, 0.2) is 60.8 Å². The van der Waals surface area contributed by atoms with Gasteiger partial charge < -0.3 is 14.4 Å². The van der Waals surface area contributed by atoms with Crippen molar-refractivity contribution in [3.63, 3.8) is 0 Å². The first-order valence-electron chi connectivity index (χ1n) is 16.7. The normalized spacial score (nSPS) is 22.7. The maximum absolute atomic E-state index is 13.2. The van der Waals surface area contributed by atoms with Gasteiger partial charge in [0.05, 0.1) is 28.8 Å². The van der Waals surface area contributed by atoms with E-state index in [1.54, 1.807) is 0 Å². The maximum Gasteiger partial charge on any atom is 0.410 e. The van der Waals surface area contributed by atoms with Crippen LogP contribution in [0.3, 0.4) is 0 Å². The molecule has 8 rings (SSSR count). The Kier molecular flexibility index (Phi) is 6.89. The monoisotopic (exact) mass is 605 g/mol. The SMILES string of the molecule is CC(C)(C)OC(=O)N1C2CCC1CN(c1cc(OCC34CCCN3CCC4)nc3cc(-c4cccc5ccccc45)cnc13)C2. The second-order valence-electron chi connectivity index (χ2n) is 14.5. The summed E-state index contributed by atoms with van der Waals surface area (Å²) in [6.45, 7) is 10.3. The van der Waals surface area contributed by atoms with Crippen LogP contribution < -0.4 is 9.64 Å². The van der Waals surface area contributed by atoms with Crippen LogP contribution in [0.1, 0.15) is 59.3 Å². The molecule has 0 saturated carbocycles. The lowest BCUT2D eigenvalue weighted by Crippen LogP contribution is -2.56. The first kappa shape index (κ1) is 28.6. The topological polar surface area (TPSA) is 71.0 Å². The Morgan fingerprint density at radius 1 is 0.978 bits per heavy atom. The summed E-state index contributed by atoms with van der Waals surface area (Å²) in [4.78, 5) is 30.4. The van der Waals surface area contributed by atoms with E-state index in [2.05, 4.69) is 64.4 Å². The molecule has 4 aromatic rings. The highest BCUT2D eigenvalue weighted by atomic mass is 16.6. The van der Waals surface area contributed by atoms with E-state index in [1.165, 1.54) is 49.5 Å². The van der Waals surface area contributed by atoms with Gasteiger partial charge >= 0.3 is 6.09 Å². The molecule has 4 aliphatic heterocycles. The summed E-state index contributed by atoms with van der Waals surface area (Å²) < 4.78 is 12.5. The van der Waals surface area contributed by atoms with Gasteiger partial charge in [-0.15, -0.1) is 0 Å². The number of hydrogen-bond acceptors (Lipinski definition) is 7. The number of benzene rings is 2. The van der Waals surface area contributed by atoms with Crippen LogP contribution in [-0.4, -0.2) is 81.9 Å². The number of ether oxygens (including phenoxy) is 2. The van der Waals surface area contributed by atoms with Gasteiger partial charge in [-0.2, -0.15) is 0 Å². The molecular weight excluding hydrogens is 562 g/mol. The summed E-state index contributed by atoms with van der Waals surface area (Å²) in [6.07, 6.45) is 8.59. The van der Waals surface area contributed by atoms with Gasteiger partial charge in [0.1, 0.15) is 17.7 Å². The van der Waals surface area contributed by atoms with Crippen LogP contribution in [0.4, 0.5) is 10.5 Å². The molecule has 0 N–H and O–H groups in total. The van der Waals surface area contributed by atoms with Crippen LogP contribution in [0.5, 0.6) is 5.88 Å².